The lowest BCUT2D eigenvalue weighted by Crippen LogP contribution is -2.33. The van der Waals surface area contributed by atoms with E-state index in [2.05, 4.69) is 59.8 Å². The molecule has 0 bridgehead atoms. The fraction of sp³-hybridized carbons (Fsp3) is 0.182. The van der Waals surface area contributed by atoms with E-state index in [9.17, 15) is 0 Å². The SMILES string of the molecule is Cc1ccc(NC(=S)NC(c2ccccc2)c2ccc(C)cc2C)nc1. The van der Waals surface area contributed by atoms with Gasteiger partial charge in [0.2, 0.25) is 0 Å². The average molecular weight is 362 g/mol. The van der Waals surface area contributed by atoms with Crippen molar-refractivity contribution in [1.82, 2.24) is 10.3 Å². The summed E-state index contributed by atoms with van der Waals surface area (Å²) in [6.07, 6.45) is 1.82. The zero-order chi connectivity index (χ0) is 18.5. The fourth-order valence-corrected chi connectivity index (χ4v) is 3.18. The van der Waals surface area contributed by atoms with Crippen LogP contribution >= 0.6 is 12.2 Å². The smallest absolute Gasteiger partial charge is 0.172 e. The molecule has 4 heteroatoms. The van der Waals surface area contributed by atoms with Gasteiger partial charge in [-0.25, -0.2) is 4.98 Å². The number of hydrogen-bond acceptors (Lipinski definition) is 2. The Bertz CT molecular complexity index is 889. The lowest BCUT2D eigenvalue weighted by atomic mass is 9.94. The number of aryl methyl sites for hydroxylation is 3. The molecule has 1 heterocycles. The predicted octanol–water partition coefficient (Wildman–Crippen LogP) is 5.08. The molecule has 0 fully saturated rings. The first-order valence-electron chi connectivity index (χ1n) is 8.65. The molecule has 0 spiro atoms. The number of pyridine rings is 1. The average Bonchev–Trinajstić information content (AvgIpc) is 2.63. The highest BCUT2D eigenvalue weighted by Gasteiger charge is 2.17. The first-order chi connectivity index (χ1) is 12.5. The van der Waals surface area contributed by atoms with Gasteiger partial charge in [0, 0.05) is 6.20 Å². The van der Waals surface area contributed by atoms with E-state index in [4.69, 9.17) is 12.2 Å². The fourth-order valence-electron chi connectivity index (χ4n) is 2.96. The number of rotatable bonds is 4. The number of thiocarbonyl (C=S) groups is 1. The van der Waals surface area contributed by atoms with Gasteiger partial charge in [0.05, 0.1) is 6.04 Å². The number of nitrogens with one attached hydrogen (secondary N) is 2. The predicted molar refractivity (Wildman–Crippen MR) is 113 cm³/mol. The van der Waals surface area contributed by atoms with Crippen LogP contribution < -0.4 is 10.6 Å². The molecular weight excluding hydrogens is 338 g/mol. The second-order valence-corrected chi connectivity index (χ2v) is 6.93. The molecular formula is C22H23N3S. The Balaban J connectivity index is 1.86. The van der Waals surface area contributed by atoms with Gasteiger partial charge >= 0.3 is 0 Å². The maximum atomic E-state index is 5.55. The van der Waals surface area contributed by atoms with Crippen LogP contribution in [0, 0.1) is 20.8 Å². The summed E-state index contributed by atoms with van der Waals surface area (Å²) in [4.78, 5) is 4.36. The monoisotopic (exact) mass is 361 g/mol. The summed E-state index contributed by atoms with van der Waals surface area (Å²) >= 11 is 5.55. The van der Waals surface area contributed by atoms with Gasteiger partial charge in [0.1, 0.15) is 5.82 Å². The Morgan fingerprint density at radius 2 is 1.65 bits per heavy atom. The van der Waals surface area contributed by atoms with Gasteiger partial charge in [0.15, 0.2) is 5.11 Å². The first-order valence-corrected chi connectivity index (χ1v) is 9.06. The molecule has 2 N–H and O–H groups in total. The third-order valence-electron chi connectivity index (χ3n) is 4.30. The molecule has 3 aromatic rings. The van der Waals surface area contributed by atoms with Crippen LogP contribution in [-0.4, -0.2) is 10.1 Å². The molecule has 3 nitrogen and oxygen atoms in total. The molecule has 1 unspecified atom stereocenters. The van der Waals surface area contributed by atoms with Gasteiger partial charge in [-0.1, -0.05) is 60.2 Å². The van der Waals surface area contributed by atoms with Crippen LogP contribution in [0.2, 0.25) is 0 Å². The van der Waals surface area contributed by atoms with E-state index in [1.54, 1.807) is 0 Å². The van der Waals surface area contributed by atoms with Gasteiger partial charge in [-0.2, -0.15) is 0 Å². The van der Waals surface area contributed by atoms with Crippen molar-refractivity contribution in [1.29, 1.82) is 0 Å². The van der Waals surface area contributed by atoms with Gasteiger partial charge in [-0.15, -0.1) is 0 Å². The van der Waals surface area contributed by atoms with Crippen molar-refractivity contribution < 1.29 is 0 Å². The highest BCUT2D eigenvalue weighted by Crippen LogP contribution is 2.25. The van der Waals surface area contributed by atoms with Crippen LogP contribution in [0.25, 0.3) is 0 Å². The van der Waals surface area contributed by atoms with Crippen LogP contribution in [0.1, 0.15) is 33.9 Å². The molecule has 26 heavy (non-hydrogen) atoms. The van der Waals surface area contributed by atoms with Crippen molar-refractivity contribution in [3.05, 3.63) is 94.7 Å². The van der Waals surface area contributed by atoms with Crippen LogP contribution in [0.15, 0.2) is 66.9 Å². The maximum absolute atomic E-state index is 5.55. The summed E-state index contributed by atoms with van der Waals surface area (Å²) in [7, 11) is 0. The van der Waals surface area contributed by atoms with Crippen molar-refractivity contribution in [3.63, 3.8) is 0 Å². The molecule has 2 aromatic carbocycles. The van der Waals surface area contributed by atoms with Crippen LogP contribution in [-0.2, 0) is 0 Å². The second kappa shape index (κ2) is 8.11. The zero-order valence-corrected chi connectivity index (χ0v) is 16.1. The normalized spacial score (nSPS) is 11.7. The standard InChI is InChI=1S/C22H23N3S/c1-15-9-11-19(17(3)13-15)21(18-7-5-4-6-8-18)25-22(26)24-20-12-10-16(2)14-23-20/h4-14,21H,1-3H3,(H2,23,24,25,26). The summed E-state index contributed by atoms with van der Waals surface area (Å²) in [5.74, 6) is 0.737. The molecule has 0 saturated heterocycles. The van der Waals surface area contributed by atoms with Gasteiger partial charge in [0.25, 0.3) is 0 Å². The van der Waals surface area contributed by atoms with Crippen LogP contribution in [0.4, 0.5) is 5.82 Å². The zero-order valence-electron chi connectivity index (χ0n) is 15.3. The molecule has 132 valence electrons. The Morgan fingerprint density at radius 3 is 2.31 bits per heavy atom. The third-order valence-corrected chi connectivity index (χ3v) is 4.52. The van der Waals surface area contributed by atoms with Gasteiger partial charge in [-0.3, -0.25) is 0 Å². The van der Waals surface area contributed by atoms with Crippen molar-refractivity contribution in [3.8, 4) is 0 Å². The molecule has 1 atom stereocenters. The second-order valence-electron chi connectivity index (χ2n) is 6.52. The van der Waals surface area contributed by atoms with E-state index in [1.165, 1.54) is 22.3 Å². The number of hydrogen-bond donors (Lipinski definition) is 2. The Kier molecular flexibility index (Phi) is 5.64. The highest BCUT2D eigenvalue weighted by atomic mass is 32.1. The summed E-state index contributed by atoms with van der Waals surface area (Å²) in [5, 5.41) is 7.18. The lowest BCUT2D eigenvalue weighted by Gasteiger charge is -2.23. The molecule has 0 amide bonds. The van der Waals surface area contributed by atoms with Crippen LogP contribution in [0.3, 0.4) is 0 Å². The number of anilines is 1. The Hall–Kier alpha value is -2.72. The van der Waals surface area contributed by atoms with E-state index in [1.807, 2.05) is 43.5 Å². The number of nitrogens with zero attached hydrogens (tertiary/aromatic N) is 1. The van der Waals surface area contributed by atoms with Crippen molar-refractivity contribution in [2.45, 2.75) is 26.8 Å². The van der Waals surface area contributed by atoms with Crippen molar-refractivity contribution in [2.75, 3.05) is 5.32 Å². The van der Waals surface area contributed by atoms with E-state index in [0.717, 1.165) is 11.4 Å². The van der Waals surface area contributed by atoms with Crippen molar-refractivity contribution in [2.24, 2.45) is 0 Å². The van der Waals surface area contributed by atoms with Gasteiger partial charge in [-0.05, 0) is 61.3 Å². The first kappa shape index (κ1) is 18.1. The maximum Gasteiger partial charge on any atom is 0.172 e. The Labute approximate surface area is 160 Å². The van der Waals surface area contributed by atoms with Crippen molar-refractivity contribution >= 4 is 23.1 Å². The quantitative estimate of drug-likeness (QED) is 0.635. The topological polar surface area (TPSA) is 37.0 Å². The van der Waals surface area contributed by atoms with E-state index in [-0.39, 0.29) is 6.04 Å². The molecule has 0 radical (unpaired) electrons. The number of aromatic nitrogens is 1. The summed E-state index contributed by atoms with van der Waals surface area (Å²) in [6, 6.07) is 20.8. The minimum Gasteiger partial charge on any atom is -0.351 e. The largest absolute Gasteiger partial charge is 0.351 e. The molecule has 1 aromatic heterocycles. The van der Waals surface area contributed by atoms with E-state index >= 15 is 0 Å². The summed E-state index contributed by atoms with van der Waals surface area (Å²) in [5.41, 5.74) is 5.99. The van der Waals surface area contributed by atoms with Crippen LogP contribution in [0.5, 0.6) is 0 Å². The van der Waals surface area contributed by atoms with E-state index < -0.39 is 0 Å². The molecule has 3 rings (SSSR count). The minimum atomic E-state index is -0.0257. The lowest BCUT2D eigenvalue weighted by molar-refractivity contribution is 0.761. The molecule has 0 aliphatic carbocycles. The number of benzene rings is 2. The molecule has 0 saturated carbocycles. The molecule has 0 aliphatic heterocycles. The van der Waals surface area contributed by atoms with Gasteiger partial charge < -0.3 is 10.6 Å². The van der Waals surface area contributed by atoms with E-state index in [0.29, 0.717) is 5.11 Å². The molecule has 0 aliphatic rings. The summed E-state index contributed by atoms with van der Waals surface area (Å²) in [6.45, 7) is 6.26. The summed E-state index contributed by atoms with van der Waals surface area (Å²) < 4.78 is 0. The third kappa shape index (κ3) is 4.46. The minimum absolute atomic E-state index is 0.0257. The highest BCUT2D eigenvalue weighted by molar-refractivity contribution is 7.80. The Morgan fingerprint density at radius 1 is 0.923 bits per heavy atom.